The highest BCUT2D eigenvalue weighted by Gasteiger charge is 2.06. The van der Waals surface area contributed by atoms with E-state index in [1.54, 1.807) is 0 Å². The topological polar surface area (TPSA) is 49.4 Å². The van der Waals surface area contributed by atoms with Crippen molar-refractivity contribution in [2.45, 2.75) is 12.8 Å². The van der Waals surface area contributed by atoms with Crippen LogP contribution in [0, 0.1) is 0 Å². The Bertz CT molecular complexity index is 658. The molecule has 0 saturated heterocycles. The Labute approximate surface area is 121 Å². The maximum Gasteiger partial charge on any atom is 0.201 e. The number of nitrogens with zero attached hydrogens (tertiary/aromatic N) is 1. The highest BCUT2D eigenvalue weighted by atomic mass is 32.2. The van der Waals surface area contributed by atoms with Gasteiger partial charge in [0.05, 0.1) is 0 Å². The highest BCUT2D eigenvalue weighted by molar-refractivity contribution is 7.70. The molecule has 2 rings (SSSR count). The van der Waals surface area contributed by atoms with Crippen molar-refractivity contribution < 1.29 is 8.42 Å². The molecule has 0 amide bonds. The number of anilines is 1. The van der Waals surface area contributed by atoms with Gasteiger partial charge in [-0.05, 0) is 29.9 Å². The van der Waals surface area contributed by atoms with Gasteiger partial charge in [-0.3, -0.25) is 0 Å². The van der Waals surface area contributed by atoms with Gasteiger partial charge in [-0.25, -0.2) is 13.1 Å². The molecule has 0 spiro atoms. The van der Waals surface area contributed by atoms with E-state index in [0.717, 1.165) is 12.8 Å². The highest BCUT2D eigenvalue weighted by Crippen LogP contribution is 2.28. The third kappa shape index (κ3) is 3.49. The molecule has 2 aromatic carbocycles. The summed E-state index contributed by atoms with van der Waals surface area (Å²) >= 11 is 0. The lowest BCUT2D eigenvalue weighted by Crippen LogP contribution is -2.13. The zero-order valence-corrected chi connectivity index (χ0v) is 12.7. The van der Waals surface area contributed by atoms with Crippen LogP contribution in [0.1, 0.15) is 12.0 Å². The van der Waals surface area contributed by atoms with Crippen molar-refractivity contribution in [2.24, 2.45) is 0 Å². The Hall–Kier alpha value is -1.59. The number of hydrogen-bond donors (Lipinski definition) is 2. The molecule has 0 aliphatic rings. The van der Waals surface area contributed by atoms with E-state index >= 15 is 0 Å². The fraction of sp³-hybridized carbons (Fsp3) is 0.333. The first kappa shape index (κ1) is 14.8. The summed E-state index contributed by atoms with van der Waals surface area (Å²) in [5.74, 6) is 0. The molecular formula is C15H20N2O2S. The summed E-state index contributed by atoms with van der Waals surface area (Å²) in [4.78, 5) is 2.11. The van der Waals surface area contributed by atoms with Crippen LogP contribution < -0.4 is 9.62 Å². The minimum absolute atomic E-state index is 0.489. The van der Waals surface area contributed by atoms with Gasteiger partial charge < -0.3 is 4.90 Å². The molecule has 0 unspecified atom stereocenters. The van der Waals surface area contributed by atoms with Crippen molar-refractivity contribution in [3.63, 3.8) is 0 Å². The Morgan fingerprint density at radius 2 is 1.75 bits per heavy atom. The van der Waals surface area contributed by atoms with E-state index in [1.165, 1.54) is 22.0 Å². The van der Waals surface area contributed by atoms with Crippen molar-refractivity contribution in [3.8, 4) is 0 Å². The molecule has 0 radical (unpaired) electrons. The Kier molecular flexibility index (Phi) is 4.98. The van der Waals surface area contributed by atoms with Crippen LogP contribution >= 0.6 is 0 Å². The first-order chi connectivity index (χ1) is 9.59. The number of aryl methyl sites for hydroxylation is 1. The van der Waals surface area contributed by atoms with Crippen molar-refractivity contribution in [2.75, 3.05) is 25.5 Å². The summed E-state index contributed by atoms with van der Waals surface area (Å²) in [5, 5.41) is 2.48. The summed E-state index contributed by atoms with van der Waals surface area (Å²) in [6.45, 7) is 0.489. The van der Waals surface area contributed by atoms with Crippen LogP contribution in [0.2, 0.25) is 0 Å². The molecule has 1 N–H and O–H groups in total. The second kappa shape index (κ2) is 6.72. The molecule has 5 heteroatoms. The summed E-state index contributed by atoms with van der Waals surface area (Å²) in [5.41, 5.74) is 2.46. The third-order valence-electron chi connectivity index (χ3n) is 3.33. The molecule has 0 atom stereocenters. The summed E-state index contributed by atoms with van der Waals surface area (Å²) in [7, 11) is 1.59. The van der Waals surface area contributed by atoms with Gasteiger partial charge in [-0.1, -0.05) is 30.3 Å². The quantitative estimate of drug-likeness (QED) is 0.632. The second-order valence-electron chi connectivity index (χ2n) is 4.95. The van der Waals surface area contributed by atoms with Gasteiger partial charge in [-0.2, -0.15) is 0 Å². The molecule has 0 heterocycles. The number of hydrogen-bond acceptors (Lipinski definition) is 3. The van der Waals surface area contributed by atoms with E-state index in [9.17, 15) is 8.42 Å². The molecule has 0 aliphatic heterocycles. The third-order valence-corrected chi connectivity index (χ3v) is 3.82. The van der Waals surface area contributed by atoms with Crippen LogP contribution in [0.25, 0.3) is 10.8 Å². The van der Waals surface area contributed by atoms with Crippen LogP contribution in [0.5, 0.6) is 0 Å². The monoisotopic (exact) mass is 292 g/mol. The molecule has 0 bridgehead atoms. The standard InChI is InChI=1S/C15H20N2O2S/c1-17(2)15-10-4-8-13-12(6-3-9-14(13)15)7-5-11-16-20(18)19/h3-4,6,8-10,20H,5,7,11H2,1-2H3,(H,16,18,19). The minimum Gasteiger partial charge on any atom is -0.377 e. The molecule has 2 aromatic rings. The average molecular weight is 292 g/mol. The predicted molar refractivity (Wildman–Crippen MR) is 84.9 cm³/mol. The van der Waals surface area contributed by atoms with E-state index in [0.29, 0.717) is 6.54 Å². The zero-order valence-electron chi connectivity index (χ0n) is 11.8. The zero-order chi connectivity index (χ0) is 14.5. The average Bonchev–Trinajstić information content (AvgIpc) is 2.42. The first-order valence-corrected chi connectivity index (χ1v) is 7.83. The van der Waals surface area contributed by atoms with Crippen LogP contribution in [-0.2, 0) is 17.3 Å². The van der Waals surface area contributed by atoms with Crippen molar-refractivity contribution in [1.29, 1.82) is 0 Å². The van der Waals surface area contributed by atoms with E-state index in [2.05, 4.69) is 46.0 Å². The molecule has 20 heavy (non-hydrogen) atoms. The predicted octanol–water partition coefficient (Wildman–Crippen LogP) is 1.95. The van der Waals surface area contributed by atoms with Crippen molar-refractivity contribution in [1.82, 2.24) is 4.72 Å². The van der Waals surface area contributed by atoms with Crippen molar-refractivity contribution in [3.05, 3.63) is 42.0 Å². The van der Waals surface area contributed by atoms with Gasteiger partial charge in [0, 0.05) is 31.7 Å². The van der Waals surface area contributed by atoms with Gasteiger partial charge in [0.25, 0.3) is 0 Å². The molecule has 4 nitrogen and oxygen atoms in total. The van der Waals surface area contributed by atoms with Gasteiger partial charge >= 0.3 is 0 Å². The molecule has 0 aromatic heterocycles. The van der Waals surface area contributed by atoms with Gasteiger partial charge in [0.15, 0.2) is 0 Å². The second-order valence-corrected chi connectivity index (χ2v) is 5.78. The maximum atomic E-state index is 10.5. The maximum absolute atomic E-state index is 10.5. The number of benzene rings is 2. The van der Waals surface area contributed by atoms with E-state index in [-0.39, 0.29) is 0 Å². The molecule has 0 aliphatic carbocycles. The minimum atomic E-state index is -2.49. The van der Waals surface area contributed by atoms with Crippen LogP contribution in [-0.4, -0.2) is 29.1 Å². The molecular weight excluding hydrogens is 272 g/mol. The van der Waals surface area contributed by atoms with Crippen molar-refractivity contribution >= 4 is 27.4 Å². The van der Waals surface area contributed by atoms with Gasteiger partial charge in [-0.15, -0.1) is 0 Å². The van der Waals surface area contributed by atoms with Crippen LogP contribution in [0.3, 0.4) is 0 Å². The normalized spacial score (nSPS) is 11.2. The van der Waals surface area contributed by atoms with Crippen LogP contribution in [0.15, 0.2) is 36.4 Å². The first-order valence-electron chi connectivity index (χ1n) is 6.65. The summed E-state index contributed by atoms with van der Waals surface area (Å²) < 4.78 is 23.4. The lowest BCUT2D eigenvalue weighted by molar-refractivity contribution is 0.599. The number of fused-ring (bicyclic) bond motifs is 1. The lowest BCUT2D eigenvalue weighted by Gasteiger charge is -2.16. The largest absolute Gasteiger partial charge is 0.377 e. The van der Waals surface area contributed by atoms with Gasteiger partial charge in [0.2, 0.25) is 10.9 Å². The Morgan fingerprint density at radius 3 is 2.45 bits per heavy atom. The van der Waals surface area contributed by atoms with Crippen LogP contribution in [0.4, 0.5) is 5.69 Å². The van der Waals surface area contributed by atoms with E-state index in [1.807, 2.05) is 14.1 Å². The Balaban J connectivity index is 2.24. The molecule has 0 saturated carbocycles. The Morgan fingerprint density at radius 1 is 1.05 bits per heavy atom. The fourth-order valence-electron chi connectivity index (χ4n) is 2.42. The number of thiol groups is 1. The number of nitrogens with one attached hydrogen (secondary N) is 1. The van der Waals surface area contributed by atoms with E-state index in [4.69, 9.17) is 0 Å². The fourth-order valence-corrected chi connectivity index (χ4v) is 2.76. The molecule has 0 fully saturated rings. The SMILES string of the molecule is CN(C)c1cccc2c(CCCN[SH](=O)=O)cccc12. The lowest BCUT2D eigenvalue weighted by atomic mass is 9.99. The summed E-state index contributed by atoms with van der Waals surface area (Å²) in [6, 6.07) is 12.6. The summed E-state index contributed by atoms with van der Waals surface area (Å²) in [6.07, 6.45) is 1.67. The smallest absolute Gasteiger partial charge is 0.201 e. The number of rotatable bonds is 6. The molecule has 108 valence electrons. The van der Waals surface area contributed by atoms with Gasteiger partial charge in [0.1, 0.15) is 0 Å². The van der Waals surface area contributed by atoms with E-state index < -0.39 is 10.9 Å².